The Hall–Kier alpha value is -1.70. The van der Waals surface area contributed by atoms with Crippen LogP contribution >= 0.6 is 11.3 Å². The summed E-state index contributed by atoms with van der Waals surface area (Å²) in [5, 5.41) is 1.75. The molecule has 2 heterocycles. The largest absolute Gasteiger partial charge is 0.461 e. The summed E-state index contributed by atoms with van der Waals surface area (Å²) in [5.41, 5.74) is 0.948. The second-order valence-electron chi connectivity index (χ2n) is 5.70. The van der Waals surface area contributed by atoms with Crippen molar-refractivity contribution in [2.45, 2.75) is 23.7 Å². The normalized spacial score (nSPS) is 16.8. The molecule has 0 radical (unpaired) electrons. The van der Waals surface area contributed by atoms with Crippen molar-refractivity contribution in [3.63, 3.8) is 0 Å². The summed E-state index contributed by atoms with van der Waals surface area (Å²) in [5.74, 6) is -0.476. The second kappa shape index (κ2) is 7.46. The summed E-state index contributed by atoms with van der Waals surface area (Å²) in [7, 11) is -3.42. The average molecular weight is 365 g/mol. The fraction of sp³-hybridized carbons (Fsp3) is 0.353. The molecule has 0 saturated carbocycles. The summed E-state index contributed by atoms with van der Waals surface area (Å²) in [6.45, 7) is 0.962. The minimum Gasteiger partial charge on any atom is -0.461 e. The predicted molar refractivity (Wildman–Crippen MR) is 92.0 cm³/mol. The molecule has 0 atom stereocenters. The quantitative estimate of drug-likeness (QED) is 0.765. The smallest absolute Gasteiger partial charge is 0.309 e. The molecule has 3 rings (SSSR count). The predicted octanol–water partition coefficient (Wildman–Crippen LogP) is 2.89. The molecule has 1 aromatic heterocycles. The van der Waals surface area contributed by atoms with Crippen molar-refractivity contribution in [2.24, 2.45) is 5.92 Å². The number of thiophene rings is 1. The topological polar surface area (TPSA) is 63.7 Å². The van der Waals surface area contributed by atoms with Crippen molar-refractivity contribution >= 4 is 27.3 Å². The molecule has 7 heteroatoms. The number of carbonyl (C=O) groups excluding carboxylic acids is 1. The Morgan fingerprint density at radius 3 is 2.46 bits per heavy atom. The number of sulfonamides is 1. The highest BCUT2D eigenvalue weighted by Gasteiger charge is 2.33. The Kier molecular flexibility index (Phi) is 5.33. The van der Waals surface area contributed by atoms with Gasteiger partial charge in [-0.2, -0.15) is 4.31 Å². The maximum atomic E-state index is 12.5. The van der Waals surface area contributed by atoms with Gasteiger partial charge in [0.15, 0.2) is 0 Å². The van der Waals surface area contributed by atoms with E-state index in [1.807, 2.05) is 30.3 Å². The van der Waals surface area contributed by atoms with Crippen molar-refractivity contribution in [3.8, 4) is 0 Å². The van der Waals surface area contributed by atoms with Crippen LogP contribution in [0.25, 0.3) is 0 Å². The van der Waals surface area contributed by atoms with E-state index >= 15 is 0 Å². The molecule has 128 valence electrons. The van der Waals surface area contributed by atoms with Crippen molar-refractivity contribution in [1.29, 1.82) is 0 Å². The molecular weight excluding hydrogens is 346 g/mol. The standard InChI is InChI=1S/C17H19NO4S2/c19-17(22-13-14-5-2-1-3-6-14)15-8-10-18(11-9-15)24(20,21)16-7-4-12-23-16/h1-7,12,15H,8-11,13H2. The van der Waals surface area contributed by atoms with Gasteiger partial charge in [-0.3, -0.25) is 4.79 Å². The van der Waals surface area contributed by atoms with Crippen LogP contribution in [0.2, 0.25) is 0 Å². The van der Waals surface area contributed by atoms with E-state index in [2.05, 4.69) is 0 Å². The molecule has 1 aliphatic rings. The van der Waals surface area contributed by atoms with Crippen molar-refractivity contribution in [3.05, 3.63) is 53.4 Å². The van der Waals surface area contributed by atoms with E-state index in [0.717, 1.165) is 5.56 Å². The van der Waals surface area contributed by atoms with Crippen LogP contribution in [0.15, 0.2) is 52.1 Å². The number of benzene rings is 1. The van der Waals surface area contributed by atoms with Gasteiger partial charge < -0.3 is 4.74 Å². The molecule has 0 amide bonds. The fourth-order valence-electron chi connectivity index (χ4n) is 2.72. The highest BCUT2D eigenvalue weighted by molar-refractivity contribution is 7.91. The van der Waals surface area contributed by atoms with Crippen molar-refractivity contribution in [2.75, 3.05) is 13.1 Å². The van der Waals surface area contributed by atoms with Gasteiger partial charge in [0.25, 0.3) is 10.0 Å². The van der Waals surface area contributed by atoms with Gasteiger partial charge in [0.1, 0.15) is 10.8 Å². The van der Waals surface area contributed by atoms with Gasteiger partial charge in [-0.25, -0.2) is 8.42 Å². The van der Waals surface area contributed by atoms with E-state index in [0.29, 0.717) is 30.1 Å². The third kappa shape index (κ3) is 3.85. The lowest BCUT2D eigenvalue weighted by Crippen LogP contribution is -2.40. The molecule has 0 unspecified atom stereocenters. The minimum atomic E-state index is -3.42. The first-order valence-corrected chi connectivity index (χ1v) is 10.1. The van der Waals surface area contributed by atoms with Crippen LogP contribution in [0.3, 0.4) is 0 Å². The molecular formula is C17H19NO4S2. The van der Waals surface area contributed by atoms with E-state index in [1.165, 1.54) is 15.6 Å². The fourth-order valence-corrected chi connectivity index (χ4v) is 5.33. The molecule has 0 bridgehead atoms. The molecule has 0 N–H and O–H groups in total. The maximum Gasteiger partial charge on any atom is 0.309 e. The van der Waals surface area contributed by atoms with Crippen LogP contribution in [-0.2, 0) is 26.2 Å². The number of hydrogen-bond acceptors (Lipinski definition) is 5. The number of nitrogens with zero attached hydrogens (tertiary/aromatic N) is 1. The van der Waals surface area contributed by atoms with Gasteiger partial charge in [-0.15, -0.1) is 11.3 Å². The second-order valence-corrected chi connectivity index (χ2v) is 8.82. The summed E-state index contributed by atoms with van der Waals surface area (Å²) in [4.78, 5) is 12.2. The summed E-state index contributed by atoms with van der Waals surface area (Å²) in [6, 6.07) is 12.9. The summed E-state index contributed by atoms with van der Waals surface area (Å²) in [6.07, 6.45) is 0.996. The van der Waals surface area contributed by atoms with Gasteiger partial charge >= 0.3 is 5.97 Å². The first kappa shape index (κ1) is 17.1. The van der Waals surface area contributed by atoms with E-state index in [1.54, 1.807) is 17.5 Å². The summed E-state index contributed by atoms with van der Waals surface area (Å²) >= 11 is 1.22. The number of esters is 1. The third-order valence-electron chi connectivity index (χ3n) is 4.10. The lowest BCUT2D eigenvalue weighted by molar-refractivity contribution is -0.151. The zero-order valence-electron chi connectivity index (χ0n) is 13.1. The lowest BCUT2D eigenvalue weighted by atomic mass is 9.98. The van der Waals surface area contributed by atoms with Crippen LogP contribution in [0.5, 0.6) is 0 Å². The first-order chi connectivity index (χ1) is 11.6. The number of rotatable bonds is 5. The molecule has 24 heavy (non-hydrogen) atoms. The van der Waals surface area contributed by atoms with Gasteiger partial charge in [-0.1, -0.05) is 36.4 Å². The molecule has 1 saturated heterocycles. The highest BCUT2D eigenvalue weighted by Crippen LogP contribution is 2.27. The number of carbonyl (C=O) groups is 1. The lowest BCUT2D eigenvalue weighted by Gasteiger charge is -2.29. The van der Waals surface area contributed by atoms with E-state index in [-0.39, 0.29) is 18.5 Å². The Bertz CT molecular complexity index is 764. The minimum absolute atomic E-state index is 0.233. The summed E-state index contributed by atoms with van der Waals surface area (Å²) < 4.78 is 32.1. The van der Waals surface area contributed by atoms with E-state index < -0.39 is 10.0 Å². The Morgan fingerprint density at radius 1 is 1.12 bits per heavy atom. The van der Waals surface area contributed by atoms with Crippen molar-refractivity contribution < 1.29 is 17.9 Å². The number of piperidine rings is 1. The van der Waals surface area contributed by atoms with Crippen LogP contribution in [-0.4, -0.2) is 31.8 Å². The first-order valence-electron chi connectivity index (χ1n) is 7.81. The van der Waals surface area contributed by atoms with Gasteiger partial charge in [0.2, 0.25) is 0 Å². The third-order valence-corrected chi connectivity index (χ3v) is 7.37. The van der Waals surface area contributed by atoms with Gasteiger partial charge in [0.05, 0.1) is 5.92 Å². The SMILES string of the molecule is O=C(OCc1ccccc1)C1CCN(S(=O)(=O)c2cccs2)CC1. The van der Waals surface area contributed by atoms with Crippen LogP contribution < -0.4 is 0 Å². The molecule has 0 aliphatic carbocycles. The van der Waals surface area contributed by atoms with Crippen LogP contribution in [0.4, 0.5) is 0 Å². The zero-order valence-corrected chi connectivity index (χ0v) is 14.8. The molecule has 1 aliphatic heterocycles. The molecule has 0 spiro atoms. The van der Waals surface area contributed by atoms with Crippen LogP contribution in [0.1, 0.15) is 18.4 Å². The Balaban J connectivity index is 1.52. The van der Waals surface area contributed by atoms with Crippen molar-refractivity contribution in [1.82, 2.24) is 4.31 Å². The Morgan fingerprint density at radius 2 is 1.83 bits per heavy atom. The number of ether oxygens (including phenoxy) is 1. The number of hydrogen-bond donors (Lipinski definition) is 0. The zero-order chi connectivity index (χ0) is 17.0. The molecule has 1 aromatic carbocycles. The molecule has 2 aromatic rings. The van der Waals surface area contributed by atoms with E-state index in [9.17, 15) is 13.2 Å². The van der Waals surface area contributed by atoms with Gasteiger partial charge in [-0.05, 0) is 29.9 Å². The van der Waals surface area contributed by atoms with Crippen LogP contribution in [0, 0.1) is 5.92 Å². The monoisotopic (exact) mass is 365 g/mol. The average Bonchev–Trinajstić information content (AvgIpc) is 3.16. The van der Waals surface area contributed by atoms with Gasteiger partial charge in [0, 0.05) is 13.1 Å². The maximum absolute atomic E-state index is 12.5. The Labute approximate surface area is 145 Å². The van der Waals surface area contributed by atoms with E-state index in [4.69, 9.17) is 4.74 Å². The highest BCUT2D eigenvalue weighted by atomic mass is 32.2. The molecule has 5 nitrogen and oxygen atoms in total. The molecule has 1 fully saturated rings.